The molecule has 9 heteroatoms. The van der Waals surface area contributed by atoms with Crippen LogP contribution in [0.1, 0.15) is 47.6 Å². The van der Waals surface area contributed by atoms with Crippen molar-refractivity contribution in [1.29, 1.82) is 0 Å². The molecule has 0 spiro atoms. The molecule has 4 aromatic rings. The molecule has 3 aromatic heterocycles. The highest BCUT2D eigenvalue weighted by molar-refractivity contribution is 6.30. The fourth-order valence-electron chi connectivity index (χ4n) is 4.05. The Bertz CT molecular complexity index is 1320. The van der Waals surface area contributed by atoms with E-state index in [0.717, 1.165) is 23.4 Å². The van der Waals surface area contributed by atoms with Crippen molar-refractivity contribution in [2.45, 2.75) is 38.7 Å². The number of fused-ring (bicyclic) bond motifs is 1. The Kier molecular flexibility index (Phi) is 5.35. The maximum absolute atomic E-state index is 14.9. The van der Waals surface area contributed by atoms with Gasteiger partial charge in [0.1, 0.15) is 22.9 Å². The predicted octanol–water partition coefficient (Wildman–Crippen LogP) is 4.86. The van der Waals surface area contributed by atoms with Crippen molar-refractivity contribution < 1.29 is 9.13 Å². The van der Waals surface area contributed by atoms with Gasteiger partial charge < -0.3 is 4.74 Å². The Morgan fingerprint density at radius 2 is 1.94 bits per heavy atom. The van der Waals surface area contributed by atoms with Crippen LogP contribution >= 0.6 is 11.6 Å². The van der Waals surface area contributed by atoms with Gasteiger partial charge in [0.05, 0.1) is 23.7 Å². The summed E-state index contributed by atoms with van der Waals surface area (Å²) >= 11 is 5.98. The number of nitrogens with zero attached hydrogens (tertiary/aromatic N) is 6. The van der Waals surface area contributed by atoms with Crippen LogP contribution < -0.4 is 0 Å². The van der Waals surface area contributed by atoms with Gasteiger partial charge in [-0.3, -0.25) is 4.68 Å². The maximum atomic E-state index is 14.9. The standard InChI is InChI=1S/C23H22ClFN6O/c1-12-13(2)28-23-21(27-12)20(17-5-4-16(24)9-18(17)25)29-22(30-23)14-6-7-32-19(8-14)15-10-26-31(3)11-15/h4-5,9-11,14,19H,6-8H2,1-3H3/t14-,19-/m0/s1. The van der Waals surface area contributed by atoms with Crippen LogP contribution in [0.25, 0.3) is 22.4 Å². The van der Waals surface area contributed by atoms with Crippen LogP contribution in [0.15, 0.2) is 30.6 Å². The lowest BCUT2D eigenvalue weighted by atomic mass is 9.92. The summed E-state index contributed by atoms with van der Waals surface area (Å²) in [4.78, 5) is 18.9. The molecular formula is C23H22ClFN6O. The molecule has 1 aliphatic rings. The van der Waals surface area contributed by atoms with Gasteiger partial charge >= 0.3 is 0 Å². The van der Waals surface area contributed by atoms with E-state index >= 15 is 0 Å². The first-order valence-electron chi connectivity index (χ1n) is 10.5. The molecule has 0 aliphatic carbocycles. The molecule has 1 fully saturated rings. The highest BCUT2D eigenvalue weighted by Crippen LogP contribution is 2.38. The summed E-state index contributed by atoms with van der Waals surface area (Å²) in [6, 6.07) is 4.56. The third-order valence-electron chi connectivity index (χ3n) is 5.89. The summed E-state index contributed by atoms with van der Waals surface area (Å²) in [5.74, 6) is 0.205. The van der Waals surface area contributed by atoms with Crippen molar-refractivity contribution in [3.05, 3.63) is 64.2 Å². The molecule has 1 aromatic carbocycles. The van der Waals surface area contributed by atoms with E-state index in [2.05, 4.69) is 15.1 Å². The first-order valence-corrected chi connectivity index (χ1v) is 10.9. The van der Waals surface area contributed by atoms with E-state index < -0.39 is 5.82 Å². The minimum atomic E-state index is -0.455. The van der Waals surface area contributed by atoms with E-state index in [1.54, 1.807) is 16.8 Å². The molecule has 0 saturated carbocycles. The van der Waals surface area contributed by atoms with Gasteiger partial charge in [0.25, 0.3) is 0 Å². The predicted molar refractivity (Wildman–Crippen MR) is 119 cm³/mol. The van der Waals surface area contributed by atoms with Crippen LogP contribution in [-0.2, 0) is 11.8 Å². The monoisotopic (exact) mass is 452 g/mol. The molecule has 0 unspecified atom stereocenters. The Hall–Kier alpha value is -2.97. The smallest absolute Gasteiger partial charge is 0.182 e. The normalized spacial score (nSPS) is 18.9. The average Bonchev–Trinajstić information content (AvgIpc) is 3.21. The number of benzene rings is 1. The molecule has 5 rings (SSSR count). The van der Waals surface area contributed by atoms with Crippen molar-refractivity contribution in [2.75, 3.05) is 6.61 Å². The lowest BCUT2D eigenvalue weighted by molar-refractivity contribution is 0.00398. The Labute approximate surface area is 189 Å². The number of ether oxygens (including phenoxy) is 1. The molecule has 1 saturated heterocycles. The maximum Gasteiger partial charge on any atom is 0.182 e. The second-order valence-electron chi connectivity index (χ2n) is 8.15. The third-order valence-corrected chi connectivity index (χ3v) is 6.13. The van der Waals surface area contributed by atoms with Gasteiger partial charge in [-0.15, -0.1) is 0 Å². The molecule has 1 aliphatic heterocycles. The number of aromatic nitrogens is 6. The van der Waals surface area contributed by atoms with Crippen LogP contribution in [-0.4, -0.2) is 36.3 Å². The van der Waals surface area contributed by atoms with Gasteiger partial charge in [-0.25, -0.2) is 24.3 Å². The zero-order valence-corrected chi connectivity index (χ0v) is 18.8. The van der Waals surface area contributed by atoms with E-state index in [1.807, 2.05) is 33.3 Å². The number of rotatable bonds is 3. The SMILES string of the molecule is Cc1nc2nc([C@H]3CCO[C@H](c4cnn(C)c4)C3)nc(-c3ccc(Cl)cc3F)c2nc1C. The van der Waals surface area contributed by atoms with Gasteiger partial charge in [0, 0.05) is 41.9 Å². The van der Waals surface area contributed by atoms with Crippen molar-refractivity contribution >= 4 is 22.8 Å². The van der Waals surface area contributed by atoms with E-state index in [4.69, 9.17) is 26.3 Å². The van der Waals surface area contributed by atoms with Crippen molar-refractivity contribution in [3.8, 4) is 11.3 Å². The Morgan fingerprint density at radius 3 is 2.69 bits per heavy atom. The van der Waals surface area contributed by atoms with E-state index in [0.29, 0.717) is 46.3 Å². The molecule has 0 radical (unpaired) electrons. The summed E-state index contributed by atoms with van der Waals surface area (Å²) in [7, 11) is 1.88. The van der Waals surface area contributed by atoms with Crippen molar-refractivity contribution in [3.63, 3.8) is 0 Å². The average molecular weight is 453 g/mol. The van der Waals surface area contributed by atoms with Gasteiger partial charge in [-0.05, 0) is 44.9 Å². The summed E-state index contributed by atoms with van der Waals surface area (Å²) in [6.07, 6.45) is 5.16. The molecular weight excluding hydrogens is 431 g/mol. The minimum Gasteiger partial charge on any atom is -0.373 e. The lowest BCUT2D eigenvalue weighted by Gasteiger charge is -2.28. The summed E-state index contributed by atoms with van der Waals surface area (Å²) in [6.45, 7) is 4.34. The van der Waals surface area contributed by atoms with Crippen LogP contribution in [0.2, 0.25) is 5.02 Å². The fourth-order valence-corrected chi connectivity index (χ4v) is 4.21. The zero-order valence-electron chi connectivity index (χ0n) is 18.0. The Balaban J connectivity index is 1.62. The highest BCUT2D eigenvalue weighted by Gasteiger charge is 2.29. The summed E-state index contributed by atoms with van der Waals surface area (Å²) < 4.78 is 22.6. The number of halogens is 2. The lowest BCUT2D eigenvalue weighted by Crippen LogP contribution is -2.20. The van der Waals surface area contributed by atoms with Crippen LogP contribution in [0.3, 0.4) is 0 Å². The first kappa shape index (κ1) is 20.9. The van der Waals surface area contributed by atoms with Crippen LogP contribution in [0.4, 0.5) is 4.39 Å². The van der Waals surface area contributed by atoms with E-state index in [-0.39, 0.29) is 12.0 Å². The largest absolute Gasteiger partial charge is 0.373 e. The number of hydrogen-bond acceptors (Lipinski definition) is 6. The highest BCUT2D eigenvalue weighted by atomic mass is 35.5. The second-order valence-corrected chi connectivity index (χ2v) is 8.59. The third kappa shape index (κ3) is 3.84. The molecule has 0 N–H and O–H groups in total. The van der Waals surface area contributed by atoms with Crippen LogP contribution in [0, 0.1) is 19.7 Å². The summed E-state index contributed by atoms with van der Waals surface area (Å²) in [5, 5.41) is 4.58. The van der Waals surface area contributed by atoms with Gasteiger partial charge in [-0.2, -0.15) is 5.10 Å². The molecule has 32 heavy (non-hydrogen) atoms. The topological polar surface area (TPSA) is 78.6 Å². The van der Waals surface area contributed by atoms with Gasteiger partial charge in [-0.1, -0.05) is 11.6 Å². The molecule has 7 nitrogen and oxygen atoms in total. The van der Waals surface area contributed by atoms with Crippen molar-refractivity contribution in [1.82, 2.24) is 29.7 Å². The summed E-state index contributed by atoms with van der Waals surface area (Å²) in [5.41, 5.74) is 4.27. The quantitative estimate of drug-likeness (QED) is 0.441. The van der Waals surface area contributed by atoms with Gasteiger partial charge in [0.15, 0.2) is 5.65 Å². The fraction of sp³-hybridized carbons (Fsp3) is 0.348. The van der Waals surface area contributed by atoms with E-state index in [9.17, 15) is 4.39 Å². The molecule has 0 bridgehead atoms. The second kappa shape index (κ2) is 8.18. The molecule has 4 heterocycles. The molecule has 164 valence electrons. The van der Waals surface area contributed by atoms with Crippen LogP contribution in [0.5, 0.6) is 0 Å². The molecule has 2 atom stereocenters. The Morgan fingerprint density at radius 1 is 1.12 bits per heavy atom. The molecule has 0 amide bonds. The van der Waals surface area contributed by atoms with Gasteiger partial charge in [0.2, 0.25) is 0 Å². The minimum absolute atomic E-state index is 0.0378. The number of hydrogen-bond donors (Lipinski definition) is 0. The van der Waals surface area contributed by atoms with Crippen molar-refractivity contribution in [2.24, 2.45) is 7.05 Å². The first-order chi connectivity index (χ1) is 15.4. The van der Waals surface area contributed by atoms with E-state index in [1.165, 1.54) is 6.07 Å². The number of aryl methyl sites for hydroxylation is 3. The zero-order chi connectivity index (χ0) is 22.4.